The molecule has 5 heteroatoms. The van der Waals surface area contributed by atoms with Crippen molar-refractivity contribution in [2.24, 2.45) is 0 Å². The summed E-state index contributed by atoms with van der Waals surface area (Å²) < 4.78 is 10.9. The van der Waals surface area contributed by atoms with Crippen LogP contribution in [0.3, 0.4) is 0 Å². The van der Waals surface area contributed by atoms with Crippen LogP contribution in [0, 0.1) is 0 Å². The first-order valence-corrected chi connectivity index (χ1v) is 8.28. The summed E-state index contributed by atoms with van der Waals surface area (Å²) in [7, 11) is 1.62. The number of benzene rings is 2. The molecule has 0 fully saturated rings. The van der Waals surface area contributed by atoms with Crippen molar-refractivity contribution in [3.05, 3.63) is 59.1 Å². The minimum absolute atomic E-state index is 0.132. The predicted molar refractivity (Wildman–Crippen MR) is 95.7 cm³/mol. The van der Waals surface area contributed by atoms with Crippen molar-refractivity contribution in [2.45, 2.75) is 32.4 Å². The van der Waals surface area contributed by atoms with E-state index in [1.165, 1.54) is 0 Å². The molecule has 2 aromatic carbocycles. The maximum atomic E-state index is 12.5. The fourth-order valence-corrected chi connectivity index (χ4v) is 2.48. The van der Waals surface area contributed by atoms with E-state index in [1.807, 2.05) is 50.2 Å². The molecule has 2 aromatic rings. The molecular formula is C19H22ClNO3. The molecule has 0 bridgehead atoms. The Kier molecular flexibility index (Phi) is 6.50. The maximum absolute atomic E-state index is 12.5. The molecule has 1 amide bonds. The number of carbonyl (C=O) groups excluding carboxylic acids is 1. The van der Waals surface area contributed by atoms with Gasteiger partial charge < -0.3 is 14.8 Å². The van der Waals surface area contributed by atoms with Crippen LogP contribution in [-0.4, -0.2) is 19.1 Å². The number of amides is 1. The predicted octanol–water partition coefficient (Wildman–Crippen LogP) is 4.38. The van der Waals surface area contributed by atoms with Gasteiger partial charge in [-0.1, -0.05) is 42.8 Å². The first kappa shape index (κ1) is 18.1. The lowest BCUT2D eigenvalue weighted by Gasteiger charge is -2.21. The average Bonchev–Trinajstić information content (AvgIpc) is 2.61. The van der Waals surface area contributed by atoms with E-state index in [1.54, 1.807) is 19.2 Å². The van der Waals surface area contributed by atoms with E-state index in [9.17, 15) is 4.79 Å². The Balaban J connectivity index is 2.01. The van der Waals surface area contributed by atoms with Gasteiger partial charge in [-0.25, -0.2) is 0 Å². The number of hydrogen-bond donors (Lipinski definition) is 1. The standard InChI is InChI=1S/C19H22ClNO3/c1-4-17(24-18-8-6-5-7-16(18)20)19(22)21-13(2)14-9-11-15(23-3)12-10-14/h5-13,17H,4H2,1-3H3,(H,21,22)/t13-,17+/m0/s1. The van der Waals surface area contributed by atoms with E-state index in [0.29, 0.717) is 17.2 Å². The van der Waals surface area contributed by atoms with Gasteiger partial charge in [-0.15, -0.1) is 0 Å². The molecule has 0 unspecified atom stereocenters. The third-order valence-electron chi connectivity index (χ3n) is 3.74. The zero-order valence-electron chi connectivity index (χ0n) is 14.1. The third-order valence-corrected chi connectivity index (χ3v) is 4.06. The number of rotatable bonds is 7. The number of ether oxygens (including phenoxy) is 2. The monoisotopic (exact) mass is 347 g/mol. The second-order valence-electron chi connectivity index (χ2n) is 5.45. The number of methoxy groups -OCH3 is 1. The van der Waals surface area contributed by atoms with Crippen LogP contribution in [0.4, 0.5) is 0 Å². The van der Waals surface area contributed by atoms with E-state index >= 15 is 0 Å². The topological polar surface area (TPSA) is 47.6 Å². The van der Waals surface area contributed by atoms with Crippen LogP contribution < -0.4 is 14.8 Å². The lowest BCUT2D eigenvalue weighted by atomic mass is 10.1. The van der Waals surface area contributed by atoms with E-state index in [0.717, 1.165) is 11.3 Å². The van der Waals surface area contributed by atoms with Crippen LogP contribution in [0.25, 0.3) is 0 Å². The minimum atomic E-state index is -0.592. The van der Waals surface area contributed by atoms with Crippen LogP contribution in [-0.2, 0) is 4.79 Å². The average molecular weight is 348 g/mol. The molecule has 0 aliphatic carbocycles. The highest BCUT2D eigenvalue weighted by Crippen LogP contribution is 2.25. The summed E-state index contributed by atoms with van der Waals surface area (Å²) in [6.45, 7) is 3.83. The molecule has 0 heterocycles. The molecule has 2 atom stereocenters. The molecule has 0 aromatic heterocycles. The van der Waals surface area contributed by atoms with Gasteiger partial charge in [0.25, 0.3) is 5.91 Å². The SMILES string of the molecule is CC[C@@H](Oc1ccccc1Cl)C(=O)N[C@@H](C)c1ccc(OC)cc1. The van der Waals surface area contributed by atoms with E-state index in [-0.39, 0.29) is 11.9 Å². The van der Waals surface area contributed by atoms with Crippen molar-refractivity contribution in [3.8, 4) is 11.5 Å². The number of nitrogens with one attached hydrogen (secondary N) is 1. The van der Waals surface area contributed by atoms with Gasteiger partial charge in [-0.2, -0.15) is 0 Å². The van der Waals surface area contributed by atoms with Gasteiger partial charge in [0.1, 0.15) is 11.5 Å². The van der Waals surface area contributed by atoms with Gasteiger partial charge in [-0.05, 0) is 43.2 Å². The first-order chi connectivity index (χ1) is 11.5. The first-order valence-electron chi connectivity index (χ1n) is 7.90. The quantitative estimate of drug-likeness (QED) is 0.808. The molecule has 24 heavy (non-hydrogen) atoms. The number of para-hydroxylation sites is 1. The van der Waals surface area contributed by atoms with Gasteiger partial charge in [0.05, 0.1) is 18.2 Å². The highest BCUT2D eigenvalue weighted by atomic mass is 35.5. The van der Waals surface area contributed by atoms with Crippen molar-refractivity contribution in [1.29, 1.82) is 0 Å². The largest absolute Gasteiger partial charge is 0.497 e. The number of carbonyl (C=O) groups is 1. The molecule has 1 N–H and O–H groups in total. The Hall–Kier alpha value is -2.20. The van der Waals surface area contributed by atoms with Crippen molar-refractivity contribution in [1.82, 2.24) is 5.32 Å². The Bertz CT molecular complexity index is 673. The molecular weight excluding hydrogens is 326 g/mol. The molecule has 2 rings (SSSR count). The second-order valence-corrected chi connectivity index (χ2v) is 5.86. The van der Waals surface area contributed by atoms with E-state index in [4.69, 9.17) is 21.1 Å². The molecule has 0 aliphatic heterocycles. The smallest absolute Gasteiger partial charge is 0.261 e. The summed E-state index contributed by atoms with van der Waals surface area (Å²) in [5, 5.41) is 3.47. The molecule has 0 aliphatic rings. The summed E-state index contributed by atoms with van der Waals surface area (Å²) in [5.41, 5.74) is 0.997. The summed E-state index contributed by atoms with van der Waals surface area (Å²) in [6.07, 6.45) is -0.0440. The van der Waals surface area contributed by atoms with Crippen molar-refractivity contribution < 1.29 is 14.3 Å². The van der Waals surface area contributed by atoms with Crippen molar-refractivity contribution in [2.75, 3.05) is 7.11 Å². The van der Waals surface area contributed by atoms with Gasteiger partial charge in [0, 0.05) is 0 Å². The molecule has 4 nitrogen and oxygen atoms in total. The van der Waals surface area contributed by atoms with Crippen LogP contribution >= 0.6 is 11.6 Å². The lowest BCUT2D eigenvalue weighted by molar-refractivity contribution is -0.128. The summed E-state index contributed by atoms with van der Waals surface area (Å²) in [4.78, 5) is 12.5. The van der Waals surface area contributed by atoms with E-state index in [2.05, 4.69) is 5.32 Å². The Morgan fingerprint density at radius 1 is 1.17 bits per heavy atom. The number of hydrogen-bond acceptors (Lipinski definition) is 3. The highest BCUT2D eigenvalue weighted by molar-refractivity contribution is 6.32. The van der Waals surface area contributed by atoms with Crippen LogP contribution in [0.2, 0.25) is 5.02 Å². The van der Waals surface area contributed by atoms with E-state index < -0.39 is 6.10 Å². The zero-order valence-corrected chi connectivity index (χ0v) is 14.8. The summed E-state index contributed by atoms with van der Waals surface area (Å²) in [5.74, 6) is 1.13. The maximum Gasteiger partial charge on any atom is 0.261 e. The van der Waals surface area contributed by atoms with Crippen molar-refractivity contribution >= 4 is 17.5 Å². The zero-order chi connectivity index (χ0) is 17.5. The van der Waals surface area contributed by atoms with Gasteiger partial charge >= 0.3 is 0 Å². The molecule has 0 saturated carbocycles. The molecule has 0 spiro atoms. The van der Waals surface area contributed by atoms with Gasteiger partial charge in [-0.3, -0.25) is 4.79 Å². The fraction of sp³-hybridized carbons (Fsp3) is 0.316. The van der Waals surface area contributed by atoms with Crippen LogP contribution in [0.1, 0.15) is 31.9 Å². The van der Waals surface area contributed by atoms with Gasteiger partial charge in [0.2, 0.25) is 0 Å². The Morgan fingerprint density at radius 3 is 2.42 bits per heavy atom. The Morgan fingerprint density at radius 2 is 1.83 bits per heavy atom. The van der Waals surface area contributed by atoms with Crippen molar-refractivity contribution in [3.63, 3.8) is 0 Å². The minimum Gasteiger partial charge on any atom is -0.497 e. The molecule has 0 radical (unpaired) electrons. The Labute approximate surface area is 147 Å². The fourth-order valence-electron chi connectivity index (χ4n) is 2.30. The summed E-state index contributed by atoms with van der Waals surface area (Å²) >= 11 is 6.09. The lowest BCUT2D eigenvalue weighted by Crippen LogP contribution is -2.39. The number of halogens is 1. The third kappa shape index (κ3) is 4.65. The highest BCUT2D eigenvalue weighted by Gasteiger charge is 2.21. The summed E-state index contributed by atoms with van der Waals surface area (Å²) in [6, 6.07) is 14.6. The molecule has 0 saturated heterocycles. The van der Waals surface area contributed by atoms with Crippen LogP contribution in [0.5, 0.6) is 11.5 Å². The van der Waals surface area contributed by atoms with Crippen LogP contribution in [0.15, 0.2) is 48.5 Å². The van der Waals surface area contributed by atoms with Gasteiger partial charge in [0.15, 0.2) is 6.10 Å². The normalized spacial score (nSPS) is 13.0. The second kappa shape index (κ2) is 8.60. The molecule has 128 valence electrons.